The molecule has 1 fully saturated rings. The summed E-state index contributed by atoms with van der Waals surface area (Å²) in [5.74, 6) is 0.0657. The van der Waals surface area contributed by atoms with Gasteiger partial charge in [0.1, 0.15) is 5.56 Å². The zero-order valence-corrected chi connectivity index (χ0v) is 10.4. The Labute approximate surface area is 106 Å². The van der Waals surface area contributed by atoms with Gasteiger partial charge in [-0.25, -0.2) is 4.79 Å². The third kappa shape index (κ3) is 2.76. The molecule has 1 aliphatic rings. The Hall–Kier alpha value is -1.69. The number of ether oxygens (including phenoxy) is 1. The number of nitrogens with zero attached hydrogens (tertiary/aromatic N) is 3. The molecule has 18 heavy (non-hydrogen) atoms. The minimum atomic E-state index is -0.959. The molecule has 0 bridgehead atoms. The zero-order valence-electron chi connectivity index (χ0n) is 10.4. The van der Waals surface area contributed by atoms with Gasteiger partial charge in [0, 0.05) is 26.8 Å². The first kappa shape index (κ1) is 12.8. The molecule has 1 N–H and O–H groups in total. The van der Waals surface area contributed by atoms with E-state index < -0.39 is 5.97 Å². The van der Waals surface area contributed by atoms with Gasteiger partial charge in [-0.3, -0.25) is 0 Å². The number of hydrogen-bond acceptors (Lipinski definition) is 5. The number of methoxy groups -OCH3 is 1. The van der Waals surface area contributed by atoms with Crippen molar-refractivity contribution in [1.29, 1.82) is 0 Å². The lowest BCUT2D eigenvalue weighted by Crippen LogP contribution is -2.36. The topological polar surface area (TPSA) is 75.5 Å². The van der Waals surface area contributed by atoms with Crippen molar-refractivity contribution in [2.45, 2.75) is 12.8 Å². The van der Waals surface area contributed by atoms with Gasteiger partial charge in [-0.2, -0.15) is 5.10 Å². The summed E-state index contributed by atoms with van der Waals surface area (Å²) < 4.78 is 5.14. The third-order valence-corrected chi connectivity index (χ3v) is 3.25. The number of aromatic carboxylic acids is 1. The first-order valence-corrected chi connectivity index (χ1v) is 6.01. The highest BCUT2D eigenvalue weighted by Crippen LogP contribution is 2.24. The Kier molecular flexibility index (Phi) is 4.09. The number of anilines is 1. The van der Waals surface area contributed by atoms with Crippen LogP contribution in [0.4, 0.5) is 5.82 Å². The second-order valence-electron chi connectivity index (χ2n) is 4.46. The zero-order chi connectivity index (χ0) is 13.0. The average molecular weight is 251 g/mol. The quantitative estimate of drug-likeness (QED) is 0.861. The van der Waals surface area contributed by atoms with E-state index in [1.807, 2.05) is 4.90 Å². The van der Waals surface area contributed by atoms with Crippen LogP contribution >= 0.6 is 0 Å². The van der Waals surface area contributed by atoms with Crippen LogP contribution < -0.4 is 4.90 Å². The molecule has 1 aliphatic heterocycles. The van der Waals surface area contributed by atoms with E-state index in [2.05, 4.69) is 10.2 Å². The van der Waals surface area contributed by atoms with Crippen LogP contribution in [0.1, 0.15) is 23.2 Å². The minimum absolute atomic E-state index is 0.218. The molecule has 0 spiro atoms. The predicted octanol–water partition coefficient (Wildman–Crippen LogP) is 1.04. The average Bonchev–Trinajstić information content (AvgIpc) is 2.40. The number of rotatable bonds is 4. The maximum atomic E-state index is 11.1. The Balaban J connectivity index is 2.07. The number of aromatic nitrogens is 2. The van der Waals surface area contributed by atoms with Gasteiger partial charge >= 0.3 is 5.97 Å². The molecule has 0 amide bonds. The molecule has 0 saturated carbocycles. The summed E-state index contributed by atoms with van der Waals surface area (Å²) in [6.45, 7) is 2.36. The van der Waals surface area contributed by atoms with Crippen molar-refractivity contribution >= 4 is 11.8 Å². The second-order valence-corrected chi connectivity index (χ2v) is 4.46. The van der Waals surface area contributed by atoms with Crippen LogP contribution in [0.25, 0.3) is 0 Å². The molecule has 0 aromatic carbocycles. The second kappa shape index (κ2) is 5.77. The fourth-order valence-corrected chi connectivity index (χ4v) is 2.27. The van der Waals surface area contributed by atoms with Crippen LogP contribution in [0.15, 0.2) is 12.3 Å². The first-order valence-electron chi connectivity index (χ1n) is 6.01. The molecule has 0 atom stereocenters. The van der Waals surface area contributed by atoms with Gasteiger partial charge < -0.3 is 14.7 Å². The van der Waals surface area contributed by atoms with E-state index in [4.69, 9.17) is 9.84 Å². The summed E-state index contributed by atoms with van der Waals surface area (Å²) in [4.78, 5) is 13.1. The van der Waals surface area contributed by atoms with Gasteiger partial charge in [-0.1, -0.05) is 0 Å². The lowest BCUT2D eigenvalue weighted by Gasteiger charge is -2.32. The van der Waals surface area contributed by atoms with Crippen LogP contribution in [0.5, 0.6) is 0 Å². The molecule has 6 nitrogen and oxygen atoms in total. The standard InChI is InChI=1S/C12H17N3O3/c1-18-8-9-3-6-15(7-4-9)11-10(12(16)17)2-5-13-14-11/h2,5,9H,3-4,6-8H2,1H3,(H,16,17). The van der Waals surface area contributed by atoms with Crippen LogP contribution in [0, 0.1) is 5.92 Å². The third-order valence-electron chi connectivity index (χ3n) is 3.25. The van der Waals surface area contributed by atoms with Gasteiger partial charge in [-0.15, -0.1) is 5.10 Å². The van der Waals surface area contributed by atoms with E-state index in [1.165, 1.54) is 12.3 Å². The molecule has 1 aromatic heterocycles. The van der Waals surface area contributed by atoms with E-state index >= 15 is 0 Å². The van der Waals surface area contributed by atoms with E-state index in [-0.39, 0.29) is 5.56 Å². The number of carboxylic acid groups (broad SMARTS) is 1. The number of piperidine rings is 1. The van der Waals surface area contributed by atoms with Gasteiger partial charge in [0.2, 0.25) is 0 Å². The van der Waals surface area contributed by atoms with Gasteiger partial charge in [0.15, 0.2) is 5.82 Å². The summed E-state index contributed by atoms with van der Waals surface area (Å²) in [7, 11) is 1.71. The van der Waals surface area contributed by atoms with Crippen molar-refractivity contribution in [3.05, 3.63) is 17.8 Å². The minimum Gasteiger partial charge on any atom is -0.478 e. The molecule has 1 aromatic rings. The van der Waals surface area contributed by atoms with Gasteiger partial charge in [0.05, 0.1) is 6.20 Å². The maximum Gasteiger partial charge on any atom is 0.339 e. The molecule has 2 rings (SSSR count). The highest BCUT2D eigenvalue weighted by molar-refractivity contribution is 5.93. The molecule has 0 aliphatic carbocycles. The van der Waals surface area contributed by atoms with Crippen molar-refractivity contribution in [3.63, 3.8) is 0 Å². The summed E-state index contributed by atoms with van der Waals surface area (Å²) in [5.41, 5.74) is 0.218. The molecule has 0 unspecified atom stereocenters. The molecule has 2 heterocycles. The van der Waals surface area contributed by atoms with Crippen LogP contribution in [0.2, 0.25) is 0 Å². The Morgan fingerprint density at radius 1 is 1.56 bits per heavy atom. The lowest BCUT2D eigenvalue weighted by atomic mass is 9.97. The number of carboxylic acids is 1. The van der Waals surface area contributed by atoms with Gasteiger partial charge in [-0.05, 0) is 24.8 Å². The summed E-state index contributed by atoms with van der Waals surface area (Å²) >= 11 is 0. The summed E-state index contributed by atoms with van der Waals surface area (Å²) in [5, 5.41) is 16.9. The molecule has 1 saturated heterocycles. The molecular weight excluding hydrogens is 234 g/mol. The normalized spacial score (nSPS) is 16.8. The molecule has 6 heteroatoms. The fraction of sp³-hybridized carbons (Fsp3) is 0.583. The van der Waals surface area contributed by atoms with Crippen molar-refractivity contribution in [2.75, 3.05) is 31.7 Å². The molecular formula is C12H17N3O3. The SMILES string of the molecule is COCC1CCN(c2nnccc2C(=O)O)CC1. The van der Waals surface area contributed by atoms with Crippen LogP contribution in [-0.2, 0) is 4.74 Å². The summed E-state index contributed by atoms with van der Waals surface area (Å²) in [6.07, 6.45) is 3.39. The maximum absolute atomic E-state index is 11.1. The van der Waals surface area contributed by atoms with E-state index in [9.17, 15) is 4.79 Å². The molecule has 98 valence electrons. The van der Waals surface area contributed by atoms with Crippen LogP contribution in [0.3, 0.4) is 0 Å². The van der Waals surface area contributed by atoms with E-state index in [0.717, 1.165) is 32.5 Å². The van der Waals surface area contributed by atoms with E-state index in [0.29, 0.717) is 11.7 Å². The Morgan fingerprint density at radius 3 is 2.89 bits per heavy atom. The molecule has 0 radical (unpaired) electrons. The number of hydrogen-bond donors (Lipinski definition) is 1. The Bertz CT molecular complexity index is 417. The predicted molar refractivity (Wildman–Crippen MR) is 65.8 cm³/mol. The van der Waals surface area contributed by atoms with E-state index in [1.54, 1.807) is 7.11 Å². The highest BCUT2D eigenvalue weighted by atomic mass is 16.5. The first-order chi connectivity index (χ1) is 8.72. The fourth-order valence-electron chi connectivity index (χ4n) is 2.27. The summed E-state index contributed by atoms with van der Waals surface area (Å²) in [6, 6.07) is 1.49. The smallest absolute Gasteiger partial charge is 0.339 e. The largest absolute Gasteiger partial charge is 0.478 e. The van der Waals surface area contributed by atoms with Crippen LogP contribution in [-0.4, -0.2) is 48.1 Å². The van der Waals surface area contributed by atoms with Gasteiger partial charge in [0.25, 0.3) is 0 Å². The van der Waals surface area contributed by atoms with Crippen molar-refractivity contribution in [1.82, 2.24) is 10.2 Å². The monoisotopic (exact) mass is 251 g/mol. The Morgan fingerprint density at radius 2 is 2.28 bits per heavy atom. The lowest BCUT2D eigenvalue weighted by molar-refractivity contribution is 0.0696. The van der Waals surface area contributed by atoms with Crippen molar-refractivity contribution in [3.8, 4) is 0 Å². The van der Waals surface area contributed by atoms with Crippen molar-refractivity contribution in [2.24, 2.45) is 5.92 Å². The highest BCUT2D eigenvalue weighted by Gasteiger charge is 2.23. The van der Waals surface area contributed by atoms with Crippen molar-refractivity contribution < 1.29 is 14.6 Å². The number of carbonyl (C=O) groups is 1.